The van der Waals surface area contributed by atoms with Gasteiger partial charge in [0.1, 0.15) is 5.82 Å². The first-order valence-corrected chi connectivity index (χ1v) is 6.22. The molecule has 0 aliphatic rings. The fraction of sp³-hybridized carbons (Fsp3) is 0.538. The molecule has 0 heterocycles. The summed E-state index contributed by atoms with van der Waals surface area (Å²) in [7, 11) is 0. The molecular formula is C13H18BrFO. The molecule has 0 radical (unpaired) electrons. The summed E-state index contributed by atoms with van der Waals surface area (Å²) in [5.41, 5.74) is 0.957. The van der Waals surface area contributed by atoms with Crippen molar-refractivity contribution in [3.63, 3.8) is 0 Å². The lowest BCUT2D eigenvalue weighted by molar-refractivity contribution is 0.147. The van der Waals surface area contributed by atoms with Crippen molar-refractivity contribution >= 4 is 15.9 Å². The molecule has 0 saturated carbocycles. The van der Waals surface area contributed by atoms with Crippen molar-refractivity contribution in [2.24, 2.45) is 5.41 Å². The van der Waals surface area contributed by atoms with E-state index in [1.807, 2.05) is 0 Å². The molecule has 1 nitrogen and oxygen atoms in total. The molecule has 0 spiro atoms. The van der Waals surface area contributed by atoms with Crippen LogP contribution in [0.5, 0.6) is 0 Å². The second-order valence-corrected chi connectivity index (χ2v) is 6.14. The van der Waals surface area contributed by atoms with E-state index in [9.17, 15) is 9.50 Å². The monoisotopic (exact) mass is 288 g/mol. The largest absolute Gasteiger partial charge is 0.388 e. The van der Waals surface area contributed by atoms with E-state index in [0.717, 1.165) is 12.0 Å². The van der Waals surface area contributed by atoms with Crippen molar-refractivity contribution in [2.75, 3.05) is 0 Å². The third kappa shape index (κ3) is 4.22. The first-order chi connectivity index (χ1) is 7.29. The lowest BCUT2D eigenvalue weighted by Gasteiger charge is -2.21. The number of benzene rings is 1. The van der Waals surface area contributed by atoms with Gasteiger partial charge in [-0.3, -0.25) is 0 Å². The van der Waals surface area contributed by atoms with Crippen molar-refractivity contribution in [3.8, 4) is 0 Å². The molecule has 16 heavy (non-hydrogen) atoms. The highest BCUT2D eigenvalue weighted by Crippen LogP contribution is 2.31. The Morgan fingerprint density at radius 3 is 2.50 bits per heavy atom. The Labute approximate surface area is 105 Å². The van der Waals surface area contributed by atoms with Gasteiger partial charge in [-0.2, -0.15) is 0 Å². The van der Waals surface area contributed by atoms with Crippen LogP contribution in [-0.2, 0) is 0 Å². The summed E-state index contributed by atoms with van der Waals surface area (Å²) in [6.07, 6.45) is 1.08. The number of halogens is 2. The van der Waals surface area contributed by atoms with E-state index >= 15 is 0 Å². The molecule has 0 aliphatic heterocycles. The van der Waals surface area contributed by atoms with Crippen molar-refractivity contribution < 1.29 is 9.50 Å². The minimum absolute atomic E-state index is 0.202. The van der Waals surface area contributed by atoms with Gasteiger partial charge in [0.15, 0.2) is 0 Å². The molecule has 0 amide bonds. The zero-order valence-corrected chi connectivity index (χ0v) is 11.5. The van der Waals surface area contributed by atoms with Crippen LogP contribution in [0.1, 0.15) is 45.3 Å². The number of aliphatic hydroxyl groups excluding tert-OH is 1. The molecule has 1 rings (SSSR count). The second-order valence-electron chi connectivity index (χ2n) is 5.28. The van der Waals surface area contributed by atoms with Crippen LogP contribution in [-0.4, -0.2) is 5.11 Å². The van der Waals surface area contributed by atoms with Crippen LogP contribution in [0, 0.1) is 11.2 Å². The van der Waals surface area contributed by atoms with Crippen molar-refractivity contribution in [1.82, 2.24) is 0 Å². The predicted octanol–water partition coefficient (Wildman–Crippen LogP) is 4.45. The van der Waals surface area contributed by atoms with Crippen molar-refractivity contribution in [1.29, 1.82) is 0 Å². The van der Waals surface area contributed by atoms with Gasteiger partial charge in [-0.25, -0.2) is 4.39 Å². The average Bonchev–Trinajstić information content (AvgIpc) is 2.13. The molecule has 0 bridgehead atoms. The maximum absolute atomic E-state index is 12.9. The van der Waals surface area contributed by atoms with Gasteiger partial charge in [-0.05, 0) is 36.0 Å². The molecule has 3 heteroatoms. The summed E-state index contributed by atoms with van der Waals surface area (Å²) >= 11 is 3.27. The van der Waals surface area contributed by atoms with Crippen LogP contribution in [0.25, 0.3) is 0 Å². The van der Waals surface area contributed by atoms with Crippen LogP contribution in [0.2, 0.25) is 0 Å². The first-order valence-electron chi connectivity index (χ1n) is 5.42. The van der Waals surface area contributed by atoms with Crippen LogP contribution in [0.3, 0.4) is 0 Å². The Morgan fingerprint density at radius 2 is 2.00 bits per heavy atom. The average molecular weight is 289 g/mol. The van der Waals surface area contributed by atoms with Gasteiger partial charge in [0.05, 0.1) is 6.10 Å². The number of aliphatic hydroxyl groups is 1. The molecule has 0 aliphatic carbocycles. The quantitative estimate of drug-likeness (QED) is 0.871. The second kappa shape index (κ2) is 5.28. The topological polar surface area (TPSA) is 20.2 Å². The minimum Gasteiger partial charge on any atom is -0.388 e. The molecule has 0 saturated heterocycles. The van der Waals surface area contributed by atoms with E-state index in [2.05, 4.69) is 36.7 Å². The van der Waals surface area contributed by atoms with Gasteiger partial charge in [0, 0.05) is 4.47 Å². The summed E-state index contributed by atoms with van der Waals surface area (Å²) < 4.78 is 13.5. The zero-order chi connectivity index (χ0) is 12.3. The number of hydrogen-bond donors (Lipinski definition) is 1. The maximum Gasteiger partial charge on any atom is 0.124 e. The Kier molecular flexibility index (Phi) is 4.51. The van der Waals surface area contributed by atoms with E-state index in [-0.39, 0.29) is 11.2 Å². The molecule has 1 N–H and O–H groups in total. The summed E-state index contributed by atoms with van der Waals surface area (Å²) in [6, 6.07) is 4.39. The summed E-state index contributed by atoms with van der Waals surface area (Å²) in [4.78, 5) is 0. The lowest BCUT2D eigenvalue weighted by atomic mass is 9.88. The van der Waals surface area contributed by atoms with Crippen LogP contribution in [0.4, 0.5) is 4.39 Å². The van der Waals surface area contributed by atoms with E-state index in [1.54, 1.807) is 6.07 Å². The third-order valence-electron chi connectivity index (χ3n) is 2.49. The molecular weight excluding hydrogens is 271 g/mol. The molecule has 1 unspecified atom stereocenters. The van der Waals surface area contributed by atoms with Crippen molar-refractivity contribution in [2.45, 2.75) is 39.7 Å². The normalized spacial score (nSPS) is 13.9. The molecule has 90 valence electrons. The highest BCUT2D eigenvalue weighted by Gasteiger charge is 2.16. The van der Waals surface area contributed by atoms with Crippen molar-refractivity contribution in [3.05, 3.63) is 34.1 Å². The summed E-state index contributed by atoms with van der Waals surface area (Å²) in [6.45, 7) is 6.41. The fourth-order valence-electron chi connectivity index (χ4n) is 1.50. The van der Waals surface area contributed by atoms with Gasteiger partial charge >= 0.3 is 0 Å². The molecule has 0 aromatic heterocycles. The Morgan fingerprint density at radius 1 is 1.38 bits per heavy atom. The van der Waals surface area contributed by atoms with Gasteiger partial charge in [-0.15, -0.1) is 0 Å². The van der Waals surface area contributed by atoms with Gasteiger partial charge < -0.3 is 5.11 Å². The highest BCUT2D eigenvalue weighted by molar-refractivity contribution is 9.10. The van der Waals surface area contributed by atoms with E-state index < -0.39 is 6.10 Å². The lowest BCUT2D eigenvalue weighted by Crippen LogP contribution is -2.08. The van der Waals surface area contributed by atoms with Gasteiger partial charge in [-0.1, -0.05) is 42.8 Å². The standard InChI is InChI=1S/C13H18BrFO/c1-13(2,3)7-6-12(16)10-5-4-9(15)8-11(10)14/h4-5,8,12,16H,6-7H2,1-3H3. The Bertz CT molecular complexity index is 357. The number of hydrogen-bond acceptors (Lipinski definition) is 1. The number of rotatable bonds is 3. The van der Waals surface area contributed by atoms with Crippen LogP contribution >= 0.6 is 15.9 Å². The zero-order valence-electron chi connectivity index (χ0n) is 9.93. The summed E-state index contributed by atoms with van der Waals surface area (Å²) in [5, 5.41) is 10.0. The smallest absolute Gasteiger partial charge is 0.124 e. The predicted molar refractivity (Wildman–Crippen MR) is 67.7 cm³/mol. The SMILES string of the molecule is CC(C)(C)CCC(O)c1ccc(F)cc1Br. The minimum atomic E-state index is -0.533. The maximum atomic E-state index is 12.9. The fourth-order valence-corrected chi connectivity index (χ4v) is 2.11. The molecule has 1 aromatic rings. The molecule has 0 fully saturated rings. The highest BCUT2D eigenvalue weighted by atomic mass is 79.9. The van der Waals surface area contributed by atoms with Gasteiger partial charge in [0.2, 0.25) is 0 Å². The van der Waals surface area contributed by atoms with E-state index in [0.29, 0.717) is 10.9 Å². The molecule has 1 aromatic carbocycles. The molecule has 1 atom stereocenters. The van der Waals surface area contributed by atoms with E-state index in [1.165, 1.54) is 12.1 Å². The van der Waals surface area contributed by atoms with Gasteiger partial charge in [0.25, 0.3) is 0 Å². The Hall–Kier alpha value is -0.410. The Balaban J connectivity index is 2.70. The first kappa shape index (κ1) is 13.7. The van der Waals surface area contributed by atoms with Crippen LogP contribution < -0.4 is 0 Å². The van der Waals surface area contributed by atoms with Crippen LogP contribution in [0.15, 0.2) is 22.7 Å². The summed E-state index contributed by atoms with van der Waals surface area (Å²) in [5.74, 6) is -0.293. The van der Waals surface area contributed by atoms with E-state index in [4.69, 9.17) is 0 Å². The third-order valence-corrected chi connectivity index (χ3v) is 3.18.